The van der Waals surface area contributed by atoms with Crippen molar-refractivity contribution in [3.63, 3.8) is 0 Å². The van der Waals surface area contributed by atoms with Crippen molar-refractivity contribution in [1.29, 1.82) is 0 Å². The summed E-state index contributed by atoms with van der Waals surface area (Å²) in [4.78, 5) is 0. The lowest BCUT2D eigenvalue weighted by atomic mass is 10.1. The van der Waals surface area contributed by atoms with Crippen molar-refractivity contribution in [2.75, 3.05) is 0 Å². The van der Waals surface area contributed by atoms with Crippen LogP contribution in [-0.4, -0.2) is 10.2 Å². The van der Waals surface area contributed by atoms with Crippen LogP contribution in [0.25, 0.3) is 23.6 Å². The summed E-state index contributed by atoms with van der Waals surface area (Å²) in [5.41, 5.74) is 3.27. The summed E-state index contributed by atoms with van der Waals surface area (Å²) < 4.78 is 5.61. The van der Waals surface area contributed by atoms with Crippen molar-refractivity contribution in [3.05, 3.63) is 71.6 Å². The predicted molar refractivity (Wildman–Crippen MR) is 79.8 cm³/mol. The van der Waals surface area contributed by atoms with E-state index >= 15 is 0 Å². The van der Waals surface area contributed by atoms with Gasteiger partial charge in [0.25, 0.3) is 0 Å². The Kier molecular flexibility index (Phi) is 3.42. The van der Waals surface area contributed by atoms with Gasteiger partial charge in [-0.3, -0.25) is 0 Å². The smallest absolute Gasteiger partial charge is 0.248 e. The summed E-state index contributed by atoms with van der Waals surface area (Å²) in [6, 6.07) is 18.0. The molecule has 3 rings (SSSR count). The summed E-state index contributed by atoms with van der Waals surface area (Å²) >= 11 is 0. The molecule has 0 unspecified atom stereocenters. The molecule has 0 aliphatic heterocycles. The fraction of sp³-hybridized carbons (Fsp3) is 0.0588. The molecule has 0 fully saturated rings. The molecule has 0 amide bonds. The molecule has 0 N–H and O–H groups in total. The lowest BCUT2D eigenvalue weighted by Crippen LogP contribution is -1.75. The second-order valence-electron chi connectivity index (χ2n) is 4.56. The van der Waals surface area contributed by atoms with Crippen molar-refractivity contribution < 1.29 is 4.42 Å². The zero-order valence-electron chi connectivity index (χ0n) is 11.2. The van der Waals surface area contributed by atoms with E-state index in [1.807, 2.05) is 42.5 Å². The van der Waals surface area contributed by atoms with E-state index < -0.39 is 0 Å². The minimum atomic E-state index is 0.504. The van der Waals surface area contributed by atoms with Crippen LogP contribution in [0.1, 0.15) is 17.0 Å². The molecule has 0 aliphatic carbocycles. The summed E-state index contributed by atoms with van der Waals surface area (Å²) in [5, 5.41) is 8.07. The Balaban J connectivity index is 1.79. The second kappa shape index (κ2) is 5.53. The Hall–Kier alpha value is -2.68. The van der Waals surface area contributed by atoms with E-state index in [4.69, 9.17) is 4.42 Å². The minimum Gasteiger partial charge on any atom is -0.417 e. The highest BCUT2D eigenvalue weighted by atomic mass is 16.4. The molecule has 98 valence electrons. The van der Waals surface area contributed by atoms with Gasteiger partial charge in [-0.05, 0) is 30.7 Å². The average Bonchev–Trinajstić information content (AvgIpc) is 2.97. The van der Waals surface area contributed by atoms with E-state index in [1.54, 1.807) is 0 Å². The van der Waals surface area contributed by atoms with Gasteiger partial charge in [0.05, 0.1) is 0 Å². The largest absolute Gasteiger partial charge is 0.417 e. The number of benzene rings is 2. The highest BCUT2D eigenvalue weighted by Crippen LogP contribution is 2.18. The third-order valence-corrected chi connectivity index (χ3v) is 2.96. The first kappa shape index (κ1) is 12.4. The summed E-state index contributed by atoms with van der Waals surface area (Å²) in [6.45, 7) is 2.07. The van der Waals surface area contributed by atoms with Gasteiger partial charge in [0.2, 0.25) is 11.8 Å². The maximum Gasteiger partial charge on any atom is 0.248 e. The Morgan fingerprint density at radius 3 is 2.35 bits per heavy atom. The van der Waals surface area contributed by atoms with Gasteiger partial charge < -0.3 is 4.42 Å². The van der Waals surface area contributed by atoms with Gasteiger partial charge in [0, 0.05) is 11.6 Å². The van der Waals surface area contributed by atoms with Gasteiger partial charge in [0.15, 0.2) is 0 Å². The van der Waals surface area contributed by atoms with Crippen molar-refractivity contribution in [3.8, 4) is 11.5 Å². The standard InChI is InChI=1S/C17H14N2O/c1-13-7-9-14(10-8-13)11-12-16-18-19-17(20-16)15-5-3-2-4-6-15/h2-12H,1H3/b12-11+. The van der Waals surface area contributed by atoms with Crippen molar-refractivity contribution in [2.45, 2.75) is 6.92 Å². The quantitative estimate of drug-likeness (QED) is 0.709. The first-order valence-corrected chi connectivity index (χ1v) is 6.45. The van der Waals surface area contributed by atoms with Gasteiger partial charge >= 0.3 is 0 Å². The molecule has 3 aromatic rings. The fourth-order valence-electron chi connectivity index (χ4n) is 1.84. The fourth-order valence-corrected chi connectivity index (χ4v) is 1.84. The van der Waals surface area contributed by atoms with E-state index in [2.05, 4.69) is 41.4 Å². The van der Waals surface area contributed by atoms with Gasteiger partial charge in [0.1, 0.15) is 0 Å². The average molecular weight is 262 g/mol. The number of nitrogens with zero attached hydrogens (tertiary/aromatic N) is 2. The van der Waals surface area contributed by atoms with Crippen LogP contribution in [0.5, 0.6) is 0 Å². The maximum absolute atomic E-state index is 5.61. The third kappa shape index (κ3) is 2.83. The van der Waals surface area contributed by atoms with Crippen LogP contribution in [0.3, 0.4) is 0 Å². The minimum absolute atomic E-state index is 0.504. The molecule has 0 saturated heterocycles. The van der Waals surface area contributed by atoms with Crippen LogP contribution in [0, 0.1) is 6.92 Å². The third-order valence-electron chi connectivity index (χ3n) is 2.96. The molecule has 2 aromatic carbocycles. The molecule has 0 saturated carbocycles. The monoisotopic (exact) mass is 262 g/mol. The van der Waals surface area contributed by atoms with E-state index in [-0.39, 0.29) is 0 Å². The van der Waals surface area contributed by atoms with Crippen molar-refractivity contribution in [2.24, 2.45) is 0 Å². The SMILES string of the molecule is Cc1ccc(/C=C/c2nnc(-c3ccccc3)o2)cc1. The molecule has 20 heavy (non-hydrogen) atoms. The van der Waals surface area contributed by atoms with E-state index in [0.29, 0.717) is 11.8 Å². The topological polar surface area (TPSA) is 38.9 Å². The lowest BCUT2D eigenvalue weighted by molar-refractivity contribution is 0.558. The predicted octanol–water partition coefficient (Wildman–Crippen LogP) is 4.22. The number of rotatable bonds is 3. The number of hydrogen-bond donors (Lipinski definition) is 0. The van der Waals surface area contributed by atoms with E-state index in [1.165, 1.54) is 5.56 Å². The Labute approximate surface area is 117 Å². The van der Waals surface area contributed by atoms with Crippen molar-refractivity contribution >= 4 is 12.2 Å². The highest BCUT2D eigenvalue weighted by Gasteiger charge is 2.05. The Bertz CT molecular complexity index is 712. The zero-order valence-corrected chi connectivity index (χ0v) is 11.2. The molecule has 1 heterocycles. The van der Waals surface area contributed by atoms with Gasteiger partial charge in [-0.1, -0.05) is 48.0 Å². The van der Waals surface area contributed by atoms with E-state index in [0.717, 1.165) is 11.1 Å². The van der Waals surface area contributed by atoms with Crippen LogP contribution in [0.15, 0.2) is 59.0 Å². The first-order chi connectivity index (χ1) is 9.81. The second-order valence-corrected chi connectivity index (χ2v) is 4.56. The van der Waals surface area contributed by atoms with Crippen LogP contribution in [-0.2, 0) is 0 Å². The van der Waals surface area contributed by atoms with Crippen LogP contribution >= 0.6 is 0 Å². The molecule has 0 aliphatic rings. The number of aromatic nitrogens is 2. The van der Waals surface area contributed by atoms with Crippen molar-refractivity contribution in [1.82, 2.24) is 10.2 Å². The maximum atomic E-state index is 5.61. The Morgan fingerprint density at radius 1 is 0.850 bits per heavy atom. The lowest BCUT2D eigenvalue weighted by Gasteiger charge is -1.93. The van der Waals surface area contributed by atoms with Crippen LogP contribution < -0.4 is 0 Å². The van der Waals surface area contributed by atoms with Crippen LogP contribution in [0.2, 0.25) is 0 Å². The molecule has 0 spiro atoms. The molecule has 1 aromatic heterocycles. The van der Waals surface area contributed by atoms with Gasteiger partial charge in [-0.25, -0.2) is 0 Å². The molecule has 3 nitrogen and oxygen atoms in total. The van der Waals surface area contributed by atoms with E-state index in [9.17, 15) is 0 Å². The van der Waals surface area contributed by atoms with Crippen LogP contribution in [0.4, 0.5) is 0 Å². The molecular formula is C17H14N2O. The normalized spacial score (nSPS) is 11.1. The molecule has 0 bridgehead atoms. The summed E-state index contributed by atoms with van der Waals surface area (Å²) in [6.07, 6.45) is 3.78. The first-order valence-electron chi connectivity index (χ1n) is 6.45. The zero-order chi connectivity index (χ0) is 13.8. The molecule has 0 atom stereocenters. The number of aryl methyl sites for hydroxylation is 1. The Morgan fingerprint density at radius 2 is 1.60 bits per heavy atom. The molecular weight excluding hydrogens is 248 g/mol. The summed E-state index contributed by atoms with van der Waals surface area (Å²) in [7, 11) is 0. The molecule has 3 heteroatoms. The number of hydrogen-bond acceptors (Lipinski definition) is 3. The molecule has 0 radical (unpaired) electrons. The van der Waals surface area contributed by atoms with Gasteiger partial charge in [-0.2, -0.15) is 0 Å². The van der Waals surface area contributed by atoms with Gasteiger partial charge in [-0.15, -0.1) is 10.2 Å². The highest BCUT2D eigenvalue weighted by molar-refractivity contribution is 5.66. The summed E-state index contributed by atoms with van der Waals surface area (Å²) in [5.74, 6) is 1.04.